The molecule has 1 aliphatic rings. The second-order valence-corrected chi connectivity index (χ2v) is 6.95. The van der Waals surface area contributed by atoms with E-state index in [-0.39, 0.29) is 0 Å². The van der Waals surface area contributed by atoms with Crippen LogP contribution >= 0.6 is 0 Å². The minimum atomic E-state index is 0.625. The average Bonchev–Trinajstić information content (AvgIpc) is 3.21. The standard InChI is InChI=1S/C21H25N5O/c1-2-5-17(6-3-1)13-23-21-24-14-19(15-25-21)20-22-9-11-26(20)10-8-18-7-4-12-27-16-18/h1-3,5-6,9,11,14-15,18H,4,7-8,10,12-13,16H2,(H,23,24,25). The van der Waals surface area contributed by atoms with Gasteiger partial charge in [-0.15, -0.1) is 0 Å². The topological polar surface area (TPSA) is 64.9 Å². The van der Waals surface area contributed by atoms with Crippen molar-refractivity contribution < 1.29 is 4.74 Å². The van der Waals surface area contributed by atoms with Crippen LogP contribution in [-0.2, 0) is 17.8 Å². The van der Waals surface area contributed by atoms with E-state index in [4.69, 9.17) is 4.74 Å². The maximum atomic E-state index is 5.58. The third-order valence-electron chi connectivity index (χ3n) is 4.95. The first-order chi connectivity index (χ1) is 13.4. The molecule has 0 saturated carbocycles. The third-order valence-corrected chi connectivity index (χ3v) is 4.95. The monoisotopic (exact) mass is 363 g/mol. The first kappa shape index (κ1) is 17.7. The fourth-order valence-corrected chi connectivity index (χ4v) is 3.42. The van der Waals surface area contributed by atoms with Crippen LogP contribution in [0, 0.1) is 5.92 Å². The van der Waals surface area contributed by atoms with Crippen LogP contribution in [0.3, 0.4) is 0 Å². The van der Waals surface area contributed by atoms with Gasteiger partial charge in [-0.25, -0.2) is 15.0 Å². The van der Waals surface area contributed by atoms with Crippen molar-refractivity contribution in [2.24, 2.45) is 5.92 Å². The van der Waals surface area contributed by atoms with Crippen molar-refractivity contribution in [1.29, 1.82) is 0 Å². The zero-order valence-electron chi connectivity index (χ0n) is 15.4. The van der Waals surface area contributed by atoms with Crippen molar-refractivity contribution in [2.75, 3.05) is 18.5 Å². The van der Waals surface area contributed by atoms with E-state index in [0.717, 1.165) is 37.6 Å². The molecule has 27 heavy (non-hydrogen) atoms. The van der Waals surface area contributed by atoms with E-state index in [0.29, 0.717) is 18.4 Å². The molecule has 3 aromatic rings. The lowest BCUT2D eigenvalue weighted by Crippen LogP contribution is -2.19. The predicted molar refractivity (Wildman–Crippen MR) is 105 cm³/mol. The number of aromatic nitrogens is 4. The zero-order chi connectivity index (χ0) is 18.3. The van der Waals surface area contributed by atoms with E-state index < -0.39 is 0 Å². The molecule has 2 aromatic heterocycles. The van der Waals surface area contributed by atoms with Crippen LogP contribution in [0.15, 0.2) is 55.1 Å². The van der Waals surface area contributed by atoms with Gasteiger partial charge in [0.25, 0.3) is 0 Å². The second-order valence-electron chi connectivity index (χ2n) is 6.95. The third kappa shape index (κ3) is 4.71. The molecule has 0 bridgehead atoms. The summed E-state index contributed by atoms with van der Waals surface area (Å²) < 4.78 is 7.77. The summed E-state index contributed by atoms with van der Waals surface area (Å²) in [6.45, 7) is 3.44. The molecule has 0 spiro atoms. The fourth-order valence-electron chi connectivity index (χ4n) is 3.42. The number of hydrogen-bond donors (Lipinski definition) is 1. The van der Waals surface area contributed by atoms with Crippen molar-refractivity contribution in [1.82, 2.24) is 19.5 Å². The van der Waals surface area contributed by atoms with Crippen molar-refractivity contribution >= 4 is 5.95 Å². The first-order valence-corrected chi connectivity index (χ1v) is 9.57. The molecule has 1 atom stereocenters. The van der Waals surface area contributed by atoms with Gasteiger partial charge in [0.1, 0.15) is 5.82 Å². The Morgan fingerprint density at radius 1 is 1.11 bits per heavy atom. The quantitative estimate of drug-likeness (QED) is 0.692. The molecule has 4 rings (SSSR count). The molecule has 6 heteroatoms. The number of rotatable bonds is 7. The van der Waals surface area contributed by atoms with Crippen LogP contribution < -0.4 is 5.32 Å². The van der Waals surface area contributed by atoms with E-state index in [9.17, 15) is 0 Å². The van der Waals surface area contributed by atoms with Crippen LogP contribution in [0.4, 0.5) is 5.95 Å². The van der Waals surface area contributed by atoms with E-state index in [2.05, 4.69) is 37.0 Å². The highest BCUT2D eigenvalue weighted by Gasteiger charge is 2.15. The number of anilines is 1. The Kier molecular flexibility index (Phi) is 5.74. The Balaban J connectivity index is 1.36. The van der Waals surface area contributed by atoms with E-state index in [1.165, 1.54) is 18.4 Å². The minimum Gasteiger partial charge on any atom is -0.381 e. The summed E-state index contributed by atoms with van der Waals surface area (Å²) >= 11 is 0. The molecule has 1 aromatic carbocycles. The number of nitrogens with zero attached hydrogens (tertiary/aromatic N) is 4. The summed E-state index contributed by atoms with van der Waals surface area (Å²) in [5.41, 5.74) is 2.14. The van der Waals surface area contributed by atoms with Gasteiger partial charge in [0, 0.05) is 51.1 Å². The number of hydrogen-bond acceptors (Lipinski definition) is 5. The van der Waals surface area contributed by atoms with E-state index in [1.807, 2.05) is 43.0 Å². The molecular formula is C21H25N5O. The minimum absolute atomic E-state index is 0.625. The van der Waals surface area contributed by atoms with Gasteiger partial charge in [0.15, 0.2) is 0 Å². The van der Waals surface area contributed by atoms with Crippen LogP contribution in [0.25, 0.3) is 11.4 Å². The van der Waals surface area contributed by atoms with Crippen LogP contribution in [0.1, 0.15) is 24.8 Å². The summed E-state index contributed by atoms with van der Waals surface area (Å²) in [5, 5.41) is 3.25. The predicted octanol–water partition coefficient (Wildman–Crippen LogP) is 3.77. The lowest BCUT2D eigenvalue weighted by molar-refractivity contribution is 0.0501. The Bertz CT molecular complexity index is 825. The number of nitrogens with one attached hydrogen (secondary N) is 1. The van der Waals surface area contributed by atoms with Gasteiger partial charge in [-0.2, -0.15) is 0 Å². The molecule has 1 fully saturated rings. The maximum absolute atomic E-state index is 5.58. The SMILES string of the molecule is c1ccc(CNc2ncc(-c3nccn3CCC3CCCOC3)cn2)cc1. The van der Waals surface area contributed by atoms with Gasteiger partial charge in [0.2, 0.25) is 5.95 Å². The van der Waals surface area contributed by atoms with Crippen molar-refractivity contribution in [3.8, 4) is 11.4 Å². The number of benzene rings is 1. The Labute approximate surface area is 159 Å². The van der Waals surface area contributed by atoms with Gasteiger partial charge < -0.3 is 14.6 Å². The van der Waals surface area contributed by atoms with E-state index in [1.54, 1.807) is 0 Å². The average molecular weight is 363 g/mol. The smallest absolute Gasteiger partial charge is 0.222 e. The number of imidazole rings is 1. The number of aryl methyl sites for hydroxylation is 1. The molecule has 1 saturated heterocycles. The summed E-state index contributed by atoms with van der Waals surface area (Å²) in [5.74, 6) is 2.19. The summed E-state index contributed by atoms with van der Waals surface area (Å²) in [6, 6.07) is 10.2. The summed E-state index contributed by atoms with van der Waals surface area (Å²) in [6.07, 6.45) is 11.1. The molecule has 3 heterocycles. The zero-order valence-corrected chi connectivity index (χ0v) is 15.4. The van der Waals surface area contributed by atoms with Crippen LogP contribution in [0.5, 0.6) is 0 Å². The van der Waals surface area contributed by atoms with Gasteiger partial charge in [0.05, 0.1) is 5.56 Å². The van der Waals surface area contributed by atoms with Gasteiger partial charge in [-0.05, 0) is 30.7 Å². The number of ether oxygens (including phenoxy) is 1. The maximum Gasteiger partial charge on any atom is 0.222 e. The molecule has 1 N–H and O–H groups in total. The molecule has 0 amide bonds. The normalized spacial score (nSPS) is 17.0. The molecule has 1 aliphatic heterocycles. The lowest BCUT2D eigenvalue weighted by atomic mass is 9.99. The van der Waals surface area contributed by atoms with Crippen molar-refractivity contribution in [3.63, 3.8) is 0 Å². The first-order valence-electron chi connectivity index (χ1n) is 9.57. The fraction of sp³-hybridized carbons (Fsp3) is 0.381. The molecule has 6 nitrogen and oxygen atoms in total. The second kappa shape index (κ2) is 8.77. The highest BCUT2D eigenvalue weighted by atomic mass is 16.5. The Hall–Kier alpha value is -2.73. The van der Waals surface area contributed by atoms with Crippen LogP contribution in [-0.4, -0.2) is 32.7 Å². The molecule has 1 unspecified atom stereocenters. The molecule has 0 radical (unpaired) electrons. The Morgan fingerprint density at radius 2 is 1.96 bits per heavy atom. The molecular weight excluding hydrogens is 338 g/mol. The molecule has 140 valence electrons. The molecule has 0 aliphatic carbocycles. The lowest BCUT2D eigenvalue weighted by Gasteiger charge is -2.22. The Morgan fingerprint density at radius 3 is 2.74 bits per heavy atom. The van der Waals surface area contributed by atoms with Gasteiger partial charge >= 0.3 is 0 Å². The van der Waals surface area contributed by atoms with Crippen LogP contribution in [0.2, 0.25) is 0 Å². The summed E-state index contributed by atoms with van der Waals surface area (Å²) in [4.78, 5) is 13.4. The van der Waals surface area contributed by atoms with E-state index >= 15 is 0 Å². The van der Waals surface area contributed by atoms with Crippen molar-refractivity contribution in [3.05, 3.63) is 60.7 Å². The highest BCUT2D eigenvalue weighted by molar-refractivity contribution is 5.53. The van der Waals surface area contributed by atoms with Gasteiger partial charge in [-0.3, -0.25) is 0 Å². The largest absolute Gasteiger partial charge is 0.381 e. The summed E-state index contributed by atoms with van der Waals surface area (Å²) in [7, 11) is 0. The highest BCUT2D eigenvalue weighted by Crippen LogP contribution is 2.21. The van der Waals surface area contributed by atoms with Gasteiger partial charge in [-0.1, -0.05) is 30.3 Å². The van der Waals surface area contributed by atoms with Crippen molar-refractivity contribution in [2.45, 2.75) is 32.4 Å².